The van der Waals surface area contributed by atoms with Crippen LogP contribution in [-0.4, -0.2) is 31.7 Å². The molecule has 0 aliphatic heterocycles. The minimum absolute atomic E-state index is 0.173. The molecule has 158 valence electrons. The Kier molecular flexibility index (Phi) is 7.21. The van der Waals surface area contributed by atoms with E-state index in [4.69, 9.17) is 15.2 Å². The molecule has 0 fully saturated rings. The number of nitrogens with one attached hydrogen (secondary N) is 2. The number of nitrogen functional groups attached to an aromatic ring is 1. The summed E-state index contributed by atoms with van der Waals surface area (Å²) in [7, 11) is 1.49. The van der Waals surface area contributed by atoms with Crippen LogP contribution in [0.4, 0.5) is 11.4 Å². The summed E-state index contributed by atoms with van der Waals surface area (Å²) < 4.78 is 10.9. The number of ether oxygens (including phenoxy) is 2. The molecule has 0 saturated carbocycles. The molecule has 0 atom stereocenters. The van der Waals surface area contributed by atoms with Gasteiger partial charge in [-0.25, -0.2) is 5.43 Å². The second kappa shape index (κ2) is 10.4. The van der Waals surface area contributed by atoms with Crippen molar-refractivity contribution in [1.29, 1.82) is 0 Å². The van der Waals surface area contributed by atoms with Gasteiger partial charge in [0, 0.05) is 11.4 Å². The summed E-state index contributed by atoms with van der Waals surface area (Å²) in [6.07, 6.45) is 1.46. The first-order valence-corrected chi connectivity index (χ1v) is 9.40. The third-order valence-electron chi connectivity index (χ3n) is 4.19. The number of benzene rings is 3. The highest BCUT2D eigenvalue weighted by Gasteiger charge is 2.10. The lowest BCUT2D eigenvalue weighted by Gasteiger charge is -2.11. The zero-order chi connectivity index (χ0) is 22.1. The molecule has 4 N–H and O–H groups in total. The third kappa shape index (κ3) is 6.07. The van der Waals surface area contributed by atoms with E-state index in [0.717, 1.165) is 0 Å². The van der Waals surface area contributed by atoms with Crippen molar-refractivity contribution in [3.8, 4) is 11.5 Å². The number of hydrogen-bond donors (Lipinski definition) is 3. The van der Waals surface area contributed by atoms with Crippen molar-refractivity contribution in [1.82, 2.24) is 5.43 Å². The first-order valence-electron chi connectivity index (χ1n) is 9.40. The van der Waals surface area contributed by atoms with Gasteiger partial charge in [0.05, 0.1) is 18.9 Å². The van der Waals surface area contributed by atoms with Crippen LogP contribution in [-0.2, 0) is 4.79 Å². The molecule has 2 amide bonds. The Labute approximate surface area is 179 Å². The van der Waals surface area contributed by atoms with Gasteiger partial charge in [-0.2, -0.15) is 5.10 Å². The second-order valence-electron chi connectivity index (χ2n) is 6.40. The number of amides is 2. The lowest BCUT2D eigenvalue weighted by atomic mass is 10.2. The van der Waals surface area contributed by atoms with E-state index in [1.807, 2.05) is 18.2 Å². The maximum Gasteiger partial charge on any atom is 0.273 e. The van der Waals surface area contributed by atoms with E-state index < -0.39 is 5.91 Å². The molecule has 0 spiro atoms. The van der Waals surface area contributed by atoms with Gasteiger partial charge in [-0.05, 0) is 48.0 Å². The molecule has 3 aromatic rings. The maximum absolute atomic E-state index is 12.1. The summed E-state index contributed by atoms with van der Waals surface area (Å²) in [5, 5.41) is 6.69. The van der Waals surface area contributed by atoms with Gasteiger partial charge in [0.2, 0.25) is 0 Å². The van der Waals surface area contributed by atoms with Gasteiger partial charge >= 0.3 is 0 Å². The van der Waals surface area contributed by atoms with Crippen molar-refractivity contribution in [2.24, 2.45) is 5.10 Å². The SMILES string of the molecule is COc1cc(/C=N/NC(=O)c2ccccc2N)ccc1OCC(=O)Nc1ccccc1. The Bertz CT molecular complexity index is 1080. The Balaban J connectivity index is 1.57. The zero-order valence-electron chi connectivity index (χ0n) is 16.9. The van der Waals surface area contributed by atoms with Gasteiger partial charge in [-0.15, -0.1) is 0 Å². The summed E-state index contributed by atoms with van der Waals surface area (Å²) >= 11 is 0. The number of anilines is 2. The van der Waals surface area contributed by atoms with Crippen molar-refractivity contribution in [3.63, 3.8) is 0 Å². The average molecular weight is 418 g/mol. The normalized spacial score (nSPS) is 10.5. The number of para-hydroxylation sites is 2. The van der Waals surface area contributed by atoms with E-state index in [-0.39, 0.29) is 12.5 Å². The molecule has 0 aliphatic rings. The number of hydrazone groups is 1. The molecule has 0 saturated heterocycles. The lowest BCUT2D eigenvalue weighted by molar-refractivity contribution is -0.118. The van der Waals surface area contributed by atoms with Crippen molar-refractivity contribution in [2.45, 2.75) is 0 Å². The second-order valence-corrected chi connectivity index (χ2v) is 6.40. The topological polar surface area (TPSA) is 115 Å². The first-order chi connectivity index (χ1) is 15.1. The number of hydrogen-bond acceptors (Lipinski definition) is 6. The predicted molar refractivity (Wildman–Crippen MR) is 119 cm³/mol. The fourth-order valence-corrected chi connectivity index (χ4v) is 2.68. The quantitative estimate of drug-likeness (QED) is 0.295. The van der Waals surface area contributed by atoms with E-state index in [1.54, 1.807) is 54.6 Å². The van der Waals surface area contributed by atoms with Crippen molar-refractivity contribution >= 4 is 29.4 Å². The highest BCUT2D eigenvalue weighted by atomic mass is 16.5. The maximum atomic E-state index is 12.1. The smallest absolute Gasteiger partial charge is 0.273 e. The summed E-state index contributed by atoms with van der Waals surface area (Å²) in [4.78, 5) is 24.2. The van der Waals surface area contributed by atoms with Crippen LogP contribution >= 0.6 is 0 Å². The van der Waals surface area contributed by atoms with Gasteiger partial charge in [0.15, 0.2) is 18.1 Å². The standard InChI is InChI=1S/C23H22N4O4/c1-30-21-13-16(14-25-27-23(29)18-9-5-6-10-19(18)24)11-12-20(21)31-15-22(28)26-17-7-3-2-4-8-17/h2-14H,15,24H2,1H3,(H,26,28)(H,27,29)/b25-14+. The number of nitrogens with two attached hydrogens (primary N) is 1. The van der Waals surface area contributed by atoms with E-state index >= 15 is 0 Å². The number of carbonyl (C=O) groups excluding carboxylic acids is 2. The third-order valence-corrected chi connectivity index (χ3v) is 4.19. The molecule has 0 unspecified atom stereocenters. The van der Waals surface area contributed by atoms with Gasteiger partial charge < -0.3 is 20.5 Å². The Morgan fingerprint density at radius 2 is 1.74 bits per heavy atom. The van der Waals surface area contributed by atoms with Crippen LogP contribution in [0, 0.1) is 0 Å². The highest BCUT2D eigenvalue weighted by Crippen LogP contribution is 2.27. The summed E-state index contributed by atoms with van der Waals surface area (Å²) in [6.45, 7) is -0.173. The van der Waals surface area contributed by atoms with Crippen LogP contribution in [0.1, 0.15) is 15.9 Å². The highest BCUT2D eigenvalue weighted by molar-refractivity contribution is 5.99. The molecule has 3 aromatic carbocycles. The summed E-state index contributed by atoms with van der Waals surface area (Å²) in [6, 6.07) is 20.9. The van der Waals surface area contributed by atoms with Gasteiger partial charge in [-0.1, -0.05) is 30.3 Å². The molecule has 0 bridgehead atoms. The van der Waals surface area contributed by atoms with Crippen molar-refractivity contribution in [2.75, 3.05) is 24.8 Å². The minimum atomic E-state index is -0.411. The van der Waals surface area contributed by atoms with Crippen LogP contribution in [0.5, 0.6) is 11.5 Å². The first kappa shape index (κ1) is 21.4. The van der Waals surface area contributed by atoms with Crippen LogP contribution in [0.25, 0.3) is 0 Å². The number of methoxy groups -OCH3 is 1. The lowest BCUT2D eigenvalue weighted by Crippen LogP contribution is -2.20. The van der Waals surface area contributed by atoms with E-state index in [1.165, 1.54) is 13.3 Å². The molecular formula is C23H22N4O4. The van der Waals surface area contributed by atoms with Crippen LogP contribution in [0.3, 0.4) is 0 Å². The largest absolute Gasteiger partial charge is 0.493 e. The summed E-state index contributed by atoms with van der Waals surface area (Å²) in [5.41, 5.74) is 10.3. The minimum Gasteiger partial charge on any atom is -0.493 e. The predicted octanol–water partition coefficient (Wildman–Crippen LogP) is 3.06. The molecule has 0 aliphatic carbocycles. The summed E-state index contributed by atoms with van der Waals surface area (Å²) in [5.74, 6) is 0.131. The fraction of sp³-hybridized carbons (Fsp3) is 0.0870. The molecular weight excluding hydrogens is 396 g/mol. The molecule has 8 heteroatoms. The van der Waals surface area contributed by atoms with Crippen molar-refractivity contribution < 1.29 is 19.1 Å². The number of nitrogens with zero attached hydrogens (tertiary/aromatic N) is 1. The average Bonchev–Trinajstić information content (AvgIpc) is 2.79. The zero-order valence-corrected chi connectivity index (χ0v) is 16.9. The fourth-order valence-electron chi connectivity index (χ4n) is 2.68. The van der Waals surface area contributed by atoms with Crippen LogP contribution < -0.4 is 25.9 Å². The van der Waals surface area contributed by atoms with Gasteiger partial charge in [0.1, 0.15) is 0 Å². The Hall–Kier alpha value is -4.33. The molecule has 0 aromatic heterocycles. The molecule has 3 rings (SSSR count). The van der Waals surface area contributed by atoms with Crippen LogP contribution in [0.15, 0.2) is 77.9 Å². The molecule has 8 nitrogen and oxygen atoms in total. The number of rotatable bonds is 8. The molecule has 0 radical (unpaired) electrons. The van der Waals surface area contributed by atoms with Crippen LogP contribution in [0.2, 0.25) is 0 Å². The number of carbonyl (C=O) groups is 2. The van der Waals surface area contributed by atoms with E-state index in [2.05, 4.69) is 15.8 Å². The molecule has 31 heavy (non-hydrogen) atoms. The van der Waals surface area contributed by atoms with Gasteiger partial charge in [0.25, 0.3) is 11.8 Å². The van der Waals surface area contributed by atoms with E-state index in [0.29, 0.717) is 34.0 Å². The van der Waals surface area contributed by atoms with E-state index in [9.17, 15) is 9.59 Å². The van der Waals surface area contributed by atoms with Gasteiger partial charge in [-0.3, -0.25) is 9.59 Å². The Morgan fingerprint density at radius 3 is 2.48 bits per heavy atom. The Morgan fingerprint density at radius 1 is 1.00 bits per heavy atom. The molecule has 0 heterocycles. The monoisotopic (exact) mass is 418 g/mol. The van der Waals surface area contributed by atoms with Crippen molar-refractivity contribution in [3.05, 3.63) is 83.9 Å².